The first-order valence-corrected chi connectivity index (χ1v) is 6.90. The van der Waals surface area contributed by atoms with Crippen molar-refractivity contribution in [3.63, 3.8) is 0 Å². The van der Waals surface area contributed by atoms with E-state index in [9.17, 15) is 14.4 Å². The van der Waals surface area contributed by atoms with E-state index in [1.807, 2.05) is 41.5 Å². The van der Waals surface area contributed by atoms with Gasteiger partial charge >= 0.3 is 5.97 Å². The van der Waals surface area contributed by atoms with Crippen LogP contribution in [-0.4, -0.2) is 38.4 Å². The minimum Gasteiger partial charge on any atom is -0.469 e. The molecule has 7 heteroatoms. The molecule has 0 aromatic heterocycles. The highest BCUT2D eigenvalue weighted by atomic mass is 16.5. The molecule has 0 radical (unpaired) electrons. The summed E-state index contributed by atoms with van der Waals surface area (Å²) in [6.07, 6.45) is -0.842. The van der Waals surface area contributed by atoms with Crippen molar-refractivity contribution in [2.45, 2.75) is 60.3 Å². The summed E-state index contributed by atoms with van der Waals surface area (Å²) in [4.78, 5) is 30.8. The van der Waals surface area contributed by atoms with Crippen LogP contribution in [0.4, 0.5) is 0 Å². The number of rotatable bonds is 6. The van der Waals surface area contributed by atoms with Crippen molar-refractivity contribution in [1.29, 1.82) is 0 Å². The lowest BCUT2D eigenvalue weighted by Crippen LogP contribution is -2.37. The van der Waals surface area contributed by atoms with Crippen molar-refractivity contribution in [3.05, 3.63) is 0 Å². The molecule has 2 N–H and O–H groups in total. The van der Waals surface area contributed by atoms with Gasteiger partial charge in [0.15, 0.2) is 6.23 Å². The van der Waals surface area contributed by atoms with Gasteiger partial charge in [-0.1, -0.05) is 41.5 Å². The average Bonchev–Trinajstić information content (AvgIpc) is 2.37. The maximum Gasteiger partial charge on any atom is 0.309 e. The maximum absolute atomic E-state index is 10.9. The molecular weight excluding hydrogens is 290 g/mol. The van der Waals surface area contributed by atoms with Crippen LogP contribution in [0.3, 0.4) is 0 Å². The van der Waals surface area contributed by atoms with Crippen molar-refractivity contribution in [2.24, 2.45) is 16.6 Å². The Labute approximate surface area is 132 Å². The number of carbonyl (C=O) groups is 3. The van der Waals surface area contributed by atoms with Crippen LogP contribution in [0.25, 0.3) is 0 Å². The normalized spacial score (nSPS) is 13.8. The molecule has 0 rings (SSSR count). The molecule has 0 aliphatic rings. The summed E-state index contributed by atoms with van der Waals surface area (Å²) in [6, 6.07) is 0. The Morgan fingerprint density at radius 1 is 1.00 bits per heavy atom. The average molecular weight is 319 g/mol. The summed E-state index contributed by atoms with van der Waals surface area (Å²) >= 11 is 0. The van der Waals surface area contributed by atoms with Crippen molar-refractivity contribution >= 4 is 18.9 Å². The number of esters is 1. The summed E-state index contributed by atoms with van der Waals surface area (Å²) in [5, 5.41) is 0. The van der Waals surface area contributed by atoms with E-state index < -0.39 is 12.3 Å². The number of hydrogen-bond acceptors (Lipinski definition) is 7. The third-order valence-corrected chi connectivity index (χ3v) is 2.82. The van der Waals surface area contributed by atoms with Crippen LogP contribution < -0.4 is 5.73 Å². The second kappa shape index (κ2) is 10.2. The minimum atomic E-state index is -0.505. The maximum atomic E-state index is 10.9. The quantitative estimate of drug-likeness (QED) is 0.343. The van der Waals surface area contributed by atoms with Crippen LogP contribution in [0.2, 0.25) is 0 Å². The predicted molar refractivity (Wildman–Crippen MR) is 81.6 cm³/mol. The lowest BCUT2D eigenvalue weighted by molar-refractivity contribution is -0.150. The molecule has 0 fully saturated rings. The Morgan fingerprint density at radius 2 is 1.45 bits per heavy atom. The molecule has 0 aliphatic heterocycles. The highest BCUT2D eigenvalue weighted by Gasteiger charge is 2.28. The van der Waals surface area contributed by atoms with Crippen molar-refractivity contribution in [3.8, 4) is 0 Å². The van der Waals surface area contributed by atoms with Gasteiger partial charge in [0.05, 0.1) is 13.5 Å². The molecule has 0 aliphatic carbocycles. The van der Waals surface area contributed by atoms with E-state index in [1.54, 1.807) is 0 Å². The standard InChI is InChI=1S/C9H16O4.C6H13NO2/c1-9(2,3)7(13-6-10)5-8(11)12-4;1-6(2,3)5(7)9-4-8/h6-7H,5H2,1-4H3;4-5H,7H2,1-3H3/t7-;5-/m01/s1. The second-order valence-corrected chi connectivity index (χ2v) is 6.89. The summed E-state index contributed by atoms with van der Waals surface area (Å²) < 4.78 is 13.8. The van der Waals surface area contributed by atoms with Crippen LogP contribution >= 0.6 is 0 Å². The Bertz CT molecular complexity index is 343. The molecule has 0 bridgehead atoms. The predicted octanol–water partition coefficient (Wildman–Crippen LogP) is 1.63. The molecule has 7 nitrogen and oxygen atoms in total. The summed E-state index contributed by atoms with van der Waals surface area (Å²) in [6.45, 7) is 12.1. The first-order valence-electron chi connectivity index (χ1n) is 6.90. The number of carbonyl (C=O) groups excluding carboxylic acids is 3. The first-order chi connectivity index (χ1) is 9.89. The van der Waals surface area contributed by atoms with Gasteiger partial charge in [0.25, 0.3) is 12.9 Å². The van der Waals surface area contributed by atoms with E-state index in [1.165, 1.54) is 7.11 Å². The zero-order chi connectivity index (χ0) is 18.0. The molecule has 0 heterocycles. The van der Waals surface area contributed by atoms with Gasteiger partial charge in [-0.3, -0.25) is 20.1 Å². The van der Waals surface area contributed by atoms with Crippen LogP contribution in [0, 0.1) is 10.8 Å². The minimum absolute atomic E-state index is 0.0960. The smallest absolute Gasteiger partial charge is 0.309 e. The molecule has 0 aromatic carbocycles. The highest BCUT2D eigenvalue weighted by Crippen LogP contribution is 2.24. The highest BCUT2D eigenvalue weighted by molar-refractivity contribution is 5.70. The molecule has 2 atom stereocenters. The van der Waals surface area contributed by atoms with E-state index in [2.05, 4.69) is 9.47 Å². The fourth-order valence-electron chi connectivity index (χ4n) is 1.12. The molecular formula is C15H29NO6. The number of nitrogens with two attached hydrogens (primary N) is 1. The molecule has 0 saturated carbocycles. The van der Waals surface area contributed by atoms with Crippen LogP contribution in [0.1, 0.15) is 48.0 Å². The second-order valence-electron chi connectivity index (χ2n) is 6.89. The molecule has 0 saturated heterocycles. The molecule has 0 unspecified atom stereocenters. The van der Waals surface area contributed by atoms with Crippen LogP contribution in [0.5, 0.6) is 0 Å². The Kier molecular flexibility index (Phi) is 10.5. The SMILES string of the molecule is CC(C)(C)[C@H](N)OC=O.COC(=O)C[C@H](OC=O)C(C)(C)C. The van der Waals surface area contributed by atoms with Gasteiger partial charge in [-0.05, 0) is 5.41 Å². The fourth-order valence-corrected chi connectivity index (χ4v) is 1.12. The molecule has 130 valence electrons. The van der Waals surface area contributed by atoms with E-state index in [0.717, 1.165) is 0 Å². The summed E-state index contributed by atoms with van der Waals surface area (Å²) in [5.41, 5.74) is 4.99. The van der Waals surface area contributed by atoms with Gasteiger partial charge in [0.2, 0.25) is 0 Å². The Morgan fingerprint density at radius 3 is 1.68 bits per heavy atom. The third kappa shape index (κ3) is 11.1. The van der Waals surface area contributed by atoms with E-state index in [4.69, 9.17) is 10.5 Å². The topological polar surface area (TPSA) is 105 Å². The zero-order valence-corrected chi connectivity index (χ0v) is 14.5. The summed E-state index contributed by atoms with van der Waals surface area (Å²) in [7, 11) is 1.31. The van der Waals surface area contributed by atoms with Gasteiger partial charge in [-0.25, -0.2) is 0 Å². The third-order valence-electron chi connectivity index (χ3n) is 2.82. The van der Waals surface area contributed by atoms with Crippen molar-refractivity contribution in [1.82, 2.24) is 0 Å². The monoisotopic (exact) mass is 319 g/mol. The largest absolute Gasteiger partial charge is 0.469 e. The van der Waals surface area contributed by atoms with E-state index >= 15 is 0 Å². The van der Waals surface area contributed by atoms with Gasteiger partial charge in [-0.2, -0.15) is 0 Å². The fraction of sp³-hybridized carbons (Fsp3) is 0.800. The van der Waals surface area contributed by atoms with E-state index in [-0.39, 0.29) is 23.2 Å². The van der Waals surface area contributed by atoms with Gasteiger partial charge in [0, 0.05) is 5.41 Å². The molecule has 0 spiro atoms. The van der Waals surface area contributed by atoms with E-state index in [0.29, 0.717) is 12.9 Å². The van der Waals surface area contributed by atoms with Crippen molar-refractivity contribution < 1.29 is 28.6 Å². The molecule has 0 aromatic rings. The number of methoxy groups -OCH3 is 1. The Hall–Kier alpha value is -1.63. The number of ether oxygens (including phenoxy) is 3. The molecule has 22 heavy (non-hydrogen) atoms. The Balaban J connectivity index is 0. The lowest BCUT2D eigenvalue weighted by Gasteiger charge is -2.27. The van der Waals surface area contributed by atoms with Crippen molar-refractivity contribution in [2.75, 3.05) is 7.11 Å². The number of hydrogen-bond donors (Lipinski definition) is 1. The van der Waals surface area contributed by atoms with Crippen LogP contribution in [0.15, 0.2) is 0 Å². The van der Waals surface area contributed by atoms with Gasteiger partial charge in [0.1, 0.15) is 6.10 Å². The van der Waals surface area contributed by atoms with Gasteiger partial charge in [-0.15, -0.1) is 0 Å². The first kappa shape index (κ1) is 22.6. The lowest BCUT2D eigenvalue weighted by atomic mass is 9.87. The van der Waals surface area contributed by atoms with Crippen LogP contribution in [-0.2, 0) is 28.6 Å². The summed E-state index contributed by atoms with van der Waals surface area (Å²) in [5.74, 6) is -0.373. The van der Waals surface area contributed by atoms with Gasteiger partial charge < -0.3 is 14.2 Å². The zero-order valence-electron chi connectivity index (χ0n) is 14.5. The molecule has 0 amide bonds.